The molecule has 0 fully saturated rings. The number of ether oxygens (including phenoxy) is 1. The van der Waals surface area contributed by atoms with Gasteiger partial charge in [0.1, 0.15) is 5.75 Å². The van der Waals surface area contributed by atoms with Crippen LogP contribution in [0.1, 0.15) is 20.9 Å². The first kappa shape index (κ1) is 17.5. The number of alkyl halides is 3. The molecule has 2 rings (SSSR count). The quantitative estimate of drug-likeness (QED) is 0.619. The number of furan rings is 1. The van der Waals surface area contributed by atoms with E-state index in [2.05, 4.69) is 5.32 Å². The molecule has 122 valence electrons. The maximum atomic E-state index is 12.0. The summed E-state index contributed by atoms with van der Waals surface area (Å²) < 4.78 is 8.41. The molecule has 0 aliphatic rings. The Morgan fingerprint density at radius 2 is 1.87 bits per heavy atom. The molecule has 9 heteroatoms. The van der Waals surface area contributed by atoms with E-state index in [0.717, 1.165) is 0 Å². The summed E-state index contributed by atoms with van der Waals surface area (Å²) in [7, 11) is 0. The molecule has 1 unspecified atom stereocenters. The van der Waals surface area contributed by atoms with Crippen molar-refractivity contribution in [2.75, 3.05) is 0 Å². The smallest absolute Gasteiger partial charge is 0.289 e. The van der Waals surface area contributed by atoms with Crippen molar-refractivity contribution >= 4 is 46.6 Å². The molecule has 0 spiro atoms. The van der Waals surface area contributed by atoms with Crippen molar-refractivity contribution in [3.63, 3.8) is 0 Å². The fourth-order valence-electron chi connectivity index (χ4n) is 1.68. The summed E-state index contributed by atoms with van der Waals surface area (Å²) in [6.07, 6.45) is -0.0618. The maximum absolute atomic E-state index is 12.0. The summed E-state index contributed by atoms with van der Waals surface area (Å²) >= 11 is 17.5. The first-order chi connectivity index (χ1) is 10.8. The maximum Gasteiger partial charge on any atom is 0.289 e. The van der Waals surface area contributed by atoms with Crippen molar-refractivity contribution in [1.29, 1.82) is 0 Å². The van der Waals surface area contributed by atoms with Gasteiger partial charge in [-0.2, -0.15) is 0 Å². The number of benzene rings is 1. The van der Waals surface area contributed by atoms with E-state index in [1.807, 2.05) is 0 Å². The lowest BCUT2D eigenvalue weighted by Crippen LogP contribution is -2.48. The van der Waals surface area contributed by atoms with Crippen molar-refractivity contribution in [2.24, 2.45) is 5.73 Å². The van der Waals surface area contributed by atoms with Gasteiger partial charge in [-0.05, 0) is 24.3 Å². The Morgan fingerprint density at radius 3 is 2.43 bits per heavy atom. The molecule has 0 radical (unpaired) electrons. The first-order valence-electron chi connectivity index (χ1n) is 6.25. The van der Waals surface area contributed by atoms with E-state index < -0.39 is 21.8 Å². The van der Waals surface area contributed by atoms with Gasteiger partial charge in [-0.25, -0.2) is 0 Å². The van der Waals surface area contributed by atoms with Crippen molar-refractivity contribution in [3.8, 4) is 5.75 Å². The number of para-hydroxylation sites is 1. The number of hydrogen-bond acceptors (Lipinski definition) is 4. The molecule has 0 bridgehead atoms. The third-order valence-electron chi connectivity index (χ3n) is 2.70. The molecule has 0 saturated carbocycles. The summed E-state index contributed by atoms with van der Waals surface area (Å²) in [5.74, 6) is -1.30. The summed E-state index contributed by atoms with van der Waals surface area (Å²) in [6.45, 7) is 0. The fourth-order valence-corrected chi connectivity index (χ4v) is 1.97. The molecule has 2 aromatic rings. The topological polar surface area (TPSA) is 94.6 Å². The van der Waals surface area contributed by atoms with Crippen molar-refractivity contribution in [3.05, 3.63) is 54.0 Å². The van der Waals surface area contributed by atoms with E-state index in [9.17, 15) is 9.59 Å². The molecule has 1 atom stereocenters. The Bertz CT molecular complexity index is 698. The Labute approximate surface area is 146 Å². The van der Waals surface area contributed by atoms with E-state index in [1.54, 1.807) is 12.1 Å². The van der Waals surface area contributed by atoms with Crippen molar-refractivity contribution in [2.45, 2.75) is 10.0 Å². The van der Waals surface area contributed by atoms with Crippen LogP contribution in [0.4, 0.5) is 0 Å². The minimum absolute atomic E-state index is 0.0102. The molecule has 0 saturated heterocycles. The third-order valence-corrected chi connectivity index (χ3v) is 3.30. The summed E-state index contributed by atoms with van der Waals surface area (Å²) in [5.41, 5.74) is 5.34. The van der Waals surface area contributed by atoms with Gasteiger partial charge in [-0.3, -0.25) is 9.59 Å². The van der Waals surface area contributed by atoms with E-state index >= 15 is 0 Å². The Kier molecular flexibility index (Phi) is 5.41. The first-order valence-corrected chi connectivity index (χ1v) is 7.39. The van der Waals surface area contributed by atoms with Gasteiger partial charge in [0.15, 0.2) is 5.76 Å². The second-order valence-corrected chi connectivity index (χ2v) is 6.72. The van der Waals surface area contributed by atoms with E-state index in [1.165, 1.54) is 30.5 Å². The van der Waals surface area contributed by atoms with E-state index in [0.29, 0.717) is 0 Å². The van der Waals surface area contributed by atoms with Crippen LogP contribution >= 0.6 is 34.8 Å². The van der Waals surface area contributed by atoms with Gasteiger partial charge < -0.3 is 20.2 Å². The van der Waals surface area contributed by atoms with Gasteiger partial charge >= 0.3 is 0 Å². The molecular weight excluding hydrogens is 367 g/mol. The average Bonchev–Trinajstić information content (AvgIpc) is 3.00. The highest BCUT2D eigenvalue weighted by Gasteiger charge is 2.37. The highest BCUT2D eigenvalue weighted by Crippen LogP contribution is 2.33. The zero-order valence-electron chi connectivity index (χ0n) is 11.5. The number of primary amides is 1. The van der Waals surface area contributed by atoms with Crippen LogP contribution < -0.4 is 15.8 Å². The molecule has 23 heavy (non-hydrogen) atoms. The van der Waals surface area contributed by atoms with Crippen LogP contribution in [0, 0.1) is 0 Å². The normalized spacial score (nSPS) is 12.5. The summed E-state index contributed by atoms with van der Waals surface area (Å²) in [6, 6.07) is 9.07. The number of rotatable bonds is 5. The third kappa shape index (κ3) is 4.54. The number of halogens is 3. The highest BCUT2D eigenvalue weighted by molar-refractivity contribution is 6.68. The van der Waals surface area contributed by atoms with Gasteiger partial charge in [0.2, 0.25) is 10.0 Å². The summed E-state index contributed by atoms with van der Waals surface area (Å²) in [4.78, 5) is 23.4. The number of nitrogens with one attached hydrogen (secondary N) is 1. The zero-order chi connectivity index (χ0) is 17.0. The lowest BCUT2D eigenvalue weighted by Gasteiger charge is -2.26. The molecule has 0 aliphatic heterocycles. The lowest BCUT2D eigenvalue weighted by atomic mass is 10.2. The second-order valence-electron chi connectivity index (χ2n) is 4.35. The highest BCUT2D eigenvalue weighted by atomic mass is 35.6. The largest absolute Gasteiger partial charge is 0.465 e. The molecule has 6 nitrogen and oxygen atoms in total. The predicted octanol–water partition coefficient (Wildman–Crippen LogP) is 2.88. The standard InChI is InChI=1S/C14H11Cl3N2O4/c15-14(16,17)13(19-12(21)10-6-3-7-22-10)23-9-5-2-1-4-8(9)11(18)20/h1-7,13H,(H2,18,20)(H,19,21). The predicted molar refractivity (Wildman–Crippen MR) is 85.8 cm³/mol. The van der Waals surface area contributed by atoms with Gasteiger partial charge in [-0.15, -0.1) is 0 Å². The summed E-state index contributed by atoms with van der Waals surface area (Å²) in [5, 5.41) is 2.37. The lowest BCUT2D eigenvalue weighted by molar-refractivity contribution is 0.0802. The number of nitrogens with two attached hydrogens (primary N) is 1. The fraction of sp³-hybridized carbons (Fsp3) is 0.143. The van der Waals surface area contributed by atoms with Crippen LogP contribution in [0.3, 0.4) is 0 Å². The molecule has 3 N–H and O–H groups in total. The molecule has 1 heterocycles. The molecule has 2 amide bonds. The number of amides is 2. The van der Waals surface area contributed by atoms with Crippen LogP contribution in [0.25, 0.3) is 0 Å². The second kappa shape index (κ2) is 7.12. The van der Waals surface area contributed by atoms with Crippen LogP contribution in [0.5, 0.6) is 5.75 Å². The minimum atomic E-state index is -2.01. The Balaban J connectivity index is 2.24. The van der Waals surface area contributed by atoms with Gasteiger partial charge in [0.05, 0.1) is 11.8 Å². The van der Waals surface area contributed by atoms with E-state index in [4.69, 9.17) is 49.7 Å². The van der Waals surface area contributed by atoms with Crippen molar-refractivity contribution < 1.29 is 18.7 Å². The van der Waals surface area contributed by atoms with Crippen LogP contribution in [-0.4, -0.2) is 21.8 Å². The Morgan fingerprint density at radius 1 is 1.17 bits per heavy atom. The Hall–Kier alpha value is -1.89. The number of carbonyl (C=O) groups is 2. The monoisotopic (exact) mass is 376 g/mol. The molecule has 1 aromatic carbocycles. The van der Waals surface area contributed by atoms with Crippen molar-refractivity contribution in [1.82, 2.24) is 5.32 Å². The number of carbonyl (C=O) groups excluding carboxylic acids is 2. The van der Waals surface area contributed by atoms with E-state index in [-0.39, 0.29) is 17.1 Å². The van der Waals surface area contributed by atoms with Gasteiger partial charge in [0.25, 0.3) is 11.8 Å². The average molecular weight is 378 g/mol. The SMILES string of the molecule is NC(=O)c1ccccc1OC(NC(=O)c1ccco1)C(Cl)(Cl)Cl. The van der Waals surface area contributed by atoms with Gasteiger partial charge in [-0.1, -0.05) is 46.9 Å². The van der Waals surface area contributed by atoms with Crippen LogP contribution in [-0.2, 0) is 0 Å². The minimum Gasteiger partial charge on any atom is -0.465 e. The molecular formula is C14H11Cl3N2O4. The van der Waals surface area contributed by atoms with Crippen LogP contribution in [0.15, 0.2) is 47.1 Å². The number of hydrogen-bond donors (Lipinski definition) is 2. The van der Waals surface area contributed by atoms with Crippen LogP contribution in [0.2, 0.25) is 0 Å². The molecule has 1 aromatic heterocycles. The molecule has 0 aliphatic carbocycles. The zero-order valence-corrected chi connectivity index (χ0v) is 13.7. The van der Waals surface area contributed by atoms with Gasteiger partial charge in [0, 0.05) is 0 Å².